The summed E-state index contributed by atoms with van der Waals surface area (Å²) in [6.07, 6.45) is 5.61. The Morgan fingerprint density at radius 1 is 1.25 bits per heavy atom. The van der Waals surface area contributed by atoms with E-state index in [1.165, 1.54) is 24.0 Å². The van der Waals surface area contributed by atoms with E-state index in [4.69, 9.17) is 17.0 Å². The van der Waals surface area contributed by atoms with Crippen molar-refractivity contribution in [3.05, 3.63) is 45.2 Å². The fourth-order valence-electron chi connectivity index (χ4n) is 3.92. The average molecular weight is 402 g/mol. The smallest absolute Gasteiger partial charge is 0.253 e. The third-order valence-electron chi connectivity index (χ3n) is 5.70. The standard InChI is InChI=1S/C22H31N3O2S/c1-15-11-17-13-18(21(26)24-20(17)12-16(15)2)14-25(19-7-4-5-8-19)22(28)23-9-6-10-27-3/h11-13,19H,4-10,14H2,1-3H3,(H,23,28)(H,24,26). The van der Waals surface area contributed by atoms with Crippen LogP contribution < -0.4 is 10.9 Å². The number of aromatic amines is 1. The minimum absolute atomic E-state index is 0.0269. The van der Waals surface area contributed by atoms with Gasteiger partial charge in [-0.25, -0.2) is 0 Å². The molecule has 1 aliphatic rings. The summed E-state index contributed by atoms with van der Waals surface area (Å²) in [5, 5.41) is 5.16. The van der Waals surface area contributed by atoms with E-state index in [2.05, 4.69) is 35.1 Å². The van der Waals surface area contributed by atoms with E-state index in [0.29, 0.717) is 19.2 Å². The van der Waals surface area contributed by atoms with Crippen molar-refractivity contribution in [2.75, 3.05) is 20.3 Å². The van der Waals surface area contributed by atoms with E-state index in [9.17, 15) is 4.79 Å². The highest BCUT2D eigenvalue weighted by Gasteiger charge is 2.25. The molecule has 1 fully saturated rings. The predicted molar refractivity (Wildman–Crippen MR) is 119 cm³/mol. The second-order valence-electron chi connectivity index (χ2n) is 7.79. The minimum atomic E-state index is -0.0269. The quantitative estimate of drug-likeness (QED) is 0.546. The lowest BCUT2D eigenvalue weighted by Gasteiger charge is -2.31. The molecule has 28 heavy (non-hydrogen) atoms. The number of aryl methyl sites for hydroxylation is 2. The maximum atomic E-state index is 12.7. The van der Waals surface area contributed by atoms with Crippen molar-refractivity contribution in [1.82, 2.24) is 15.2 Å². The molecule has 2 N–H and O–H groups in total. The number of ether oxygens (including phenoxy) is 1. The van der Waals surface area contributed by atoms with Gasteiger partial charge in [-0.3, -0.25) is 4.79 Å². The molecule has 0 aliphatic heterocycles. The largest absolute Gasteiger partial charge is 0.385 e. The van der Waals surface area contributed by atoms with Crippen LogP contribution in [0.25, 0.3) is 10.9 Å². The topological polar surface area (TPSA) is 57.4 Å². The molecule has 6 heteroatoms. The Labute approximate surface area is 172 Å². The second-order valence-corrected chi connectivity index (χ2v) is 8.18. The maximum absolute atomic E-state index is 12.7. The molecule has 3 rings (SSSR count). The molecule has 0 bridgehead atoms. The van der Waals surface area contributed by atoms with Gasteiger partial charge in [0.25, 0.3) is 5.56 Å². The van der Waals surface area contributed by atoms with Crippen LogP contribution in [0.4, 0.5) is 0 Å². The lowest BCUT2D eigenvalue weighted by molar-refractivity contribution is 0.195. The number of fused-ring (bicyclic) bond motifs is 1. The van der Waals surface area contributed by atoms with Gasteiger partial charge in [-0.05, 0) is 80.0 Å². The Bertz CT molecular complexity index is 887. The molecule has 0 radical (unpaired) electrons. The molecule has 0 spiro atoms. The van der Waals surface area contributed by atoms with E-state index in [0.717, 1.165) is 47.4 Å². The number of nitrogens with one attached hydrogen (secondary N) is 2. The summed E-state index contributed by atoms with van der Waals surface area (Å²) < 4.78 is 5.11. The monoisotopic (exact) mass is 401 g/mol. The summed E-state index contributed by atoms with van der Waals surface area (Å²) in [5.74, 6) is 0. The summed E-state index contributed by atoms with van der Waals surface area (Å²) in [7, 11) is 1.71. The number of pyridine rings is 1. The Balaban J connectivity index is 1.83. The SMILES string of the molecule is COCCCNC(=S)N(Cc1cc2cc(C)c(C)cc2[nH]c1=O)C1CCCC1. The van der Waals surface area contributed by atoms with Crippen LogP contribution in [-0.2, 0) is 11.3 Å². The van der Waals surface area contributed by atoms with Gasteiger partial charge in [0, 0.05) is 37.4 Å². The zero-order valence-corrected chi connectivity index (χ0v) is 18.0. The van der Waals surface area contributed by atoms with Crippen LogP contribution in [-0.4, -0.2) is 41.3 Å². The lowest BCUT2D eigenvalue weighted by Crippen LogP contribution is -2.45. The van der Waals surface area contributed by atoms with Gasteiger partial charge >= 0.3 is 0 Å². The van der Waals surface area contributed by atoms with Gasteiger partial charge < -0.3 is 19.9 Å². The molecular formula is C22H31N3O2S. The summed E-state index contributed by atoms with van der Waals surface area (Å²) >= 11 is 5.70. The predicted octanol–water partition coefficient (Wildman–Crippen LogP) is 3.80. The number of nitrogens with zero attached hydrogens (tertiary/aromatic N) is 1. The van der Waals surface area contributed by atoms with Crippen molar-refractivity contribution >= 4 is 28.2 Å². The van der Waals surface area contributed by atoms with Gasteiger partial charge in [-0.15, -0.1) is 0 Å². The molecule has 1 aromatic carbocycles. The Morgan fingerprint density at radius 2 is 1.96 bits per heavy atom. The molecule has 1 aliphatic carbocycles. The number of aromatic nitrogens is 1. The zero-order chi connectivity index (χ0) is 20.1. The van der Waals surface area contributed by atoms with Crippen molar-refractivity contribution in [3.8, 4) is 0 Å². The number of hydrogen-bond donors (Lipinski definition) is 2. The third-order valence-corrected chi connectivity index (χ3v) is 6.08. The number of rotatable bonds is 7. The van der Waals surface area contributed by atoms with E-state index in [1.54, 1.807) is 7.11 Å². The highest BCUT2D eigenvalue weighted by atomic mass is 32.1. The number of thiocarbonyl (C=S) groups is 1. The van der Waals surface area contributed by atoms with Gasteiger partial charge in [0.05, 0.1) is 6.54 Å². The normalized spacial score (nSPS) is 14.5. The molecular weight excluding hydrogens is 370 g/mol. The van der Waals surface area contributed by atoms with Gasteiger partial charge in [0.1, 0.15) is 0 Å². The summed E-state index contributed by atoms with van der Waals surface area (Å²) in [5.41, 5.74) is 4.05. The molecule has 1 aromatic heterocycles. The first-order valence-electron chi connectivity index (χ1n) is 10.2. The van der Waals surface area contributed by atoms with Crippen LogP contribution >= 0.6 is 12.2 Å². The number of H-pyrrole nitrogens is 1. The molecule has 0 unspecified atom stereocenters. The number of methoxy groups -OCH3 is 1. The van der Waals surface area contributed by atoms with Gasteiger partial charge in [-0.2, -0.15) is 0 Å². The third kappa shape index (κ3) is 4.92. The molecule has 0 saturated heterocycles. The van der Waals surface area contributed by atoms with Crippen LogP contribution in [0.15, 0.2) is 23.0 Å². The first-order valence-corrected chi connectivity index (χ1v) is 10.6. The molecule has 1 heterocycles. The van der Waals surface area contributed by atoms with Crippen LogP contribution in [0, 0.1) is 13.8 Å². The van der Waals surface area contributed by atoms with Crippen LogP contribution in [0.5, 0.6) is 0 Å². The van der Waals surface area contributed by atoms with Gasteiger partial charge in [-0.1, -0.05) is 12.8 Å². The highest BCUT2D eigenvalue weighted by Crippen LogP contribution is 2.25. The number of benzene rings is 1. The van der Waals surface area contributed by atoms with E-state index < -0.39 is 0 Å². The molecule has 2 aromatic rings. The Hall–Kier alpha value is -1.92. The van der Waals surface area contributed by atoms with E-state index in [-0.39, 0.29) is 5.56 Å². The number of hydrogen-bond acceptors (Lipinski definition) is 3. The average Bonchev–Trinajstić information content (AvgIpc) is 3.19. The van der Waals surface area contributed by atoms with Crippen molar-refractivity contribution in [1.29, 1.82) is 0 Å². The molecule has 0 amide bonds. The first-order chi connectivity index (χ1) is 13.5. The van der Waals surface area contributed by atoms with Gasteiger partial charge in [0.2, 0.25) is 0 Å². The highest BCUT2D eigenvalue weighted by molar-refractivity contribution is 7.80. The minimum Gasteiger partial charge on any atom is -0.385 e. The van der Waals surface area contributed by atoms with Crippen molar-refractivity contribution in [2.24, 2.45) is 0 Å². The first kappa shape index (κ1) is 20.8. The fourth-order valence-corrected chi connectivity index (χ4v) is 4.23. The van der Waals surface area contributed by atoms with Crippen molar-refractivity contribution in [3.63, 3.8) is 0 Å². The van der Waals surface area contributed by atoms with Crippen LogP contribution in [0.2, 0.25) is 0 Å². The molecule has 1 saturated carbocycles. The van der Waals surface area contributed by atoms with Crippen LogP contribution in [0.3, 0.4) is 0 Å². The van der Waals surface area contributed by atoms with Crippen molar-refractivity contribution in [2.45, 2.75) is 58.5 Å². The molecule has 152 valence electrons. The second kappa shape index (κ2) is 9.52. The molecule has 5 nitrogen and oxygen atoms in total. The fraction of sp³-hybridized carbons (Fsp3) is 0.545. The summed E-state index contributed by atoms with van der Waals surface area (Å²) in [4.78, 5) is 18.0. The van der Waals surface area contributed by atoms with Crippen molar-refractivity contribution < 1.29 is 4.74 Å². The Morgan fingerprint density at radius 3 is 2.68 bits per heavy atom. The van der Waals surface area contributed by atoms with E-state index in [1.807, 2.05) is 12.1 Å². The van der Waals surface area contributed by atoms with Crippen LogP contribution in [0.1, 0.15) is 48.8 Å². The van der Waals surface area contributed by atoms with Gasteiger partial charge in [0.15, 0.2) is 5.11 Å². The Kier molecular flexibility index (Phi) is 7.08. The maximum Gasteiger partial charge on any atom is 0.253 e. The van der Waals surface area contributed by atoms with E-state index >= 15 is 0 Å². The lowest BCUT2D eigenvalue weighted by atomic mass is 10.0. The summed E-state index contributed by atoms with van der Waals surface area (Å²) in [6, 6.07) is 6.62. The summed E-state index contributed by atoms with van der Waals surface area (Å²) in [6.45, 7) is 6.20. The zero-order valence-electron chi connectivity index (χ0n) is 17.1. The molecule has 0 atom stereocenters.